The molecule has 1 aromatic carbocycles. The Hall–Kier alpha value is -1.59. The summed E-state index contributed by atoms with van der Waals surface area (Å²) in [7, 11) is 1.57. The molecule has 0 atom stereocenters. The van der Waals surface area contributed by atoms with E-state index in [0.717, 1.165) is 0 Å². The maximum atomic E-state index is 12.0. The normalized spacial score (nSPS) is 17.1. The van der Waals surface area contributed by atoms with Crippen molar-refractivity contribution in [3.8, 4) is 5.75 Å². The SMILES string of the molecule is COc1cccc(NC(=O)C2(CO)COC2)c1. The van der Waals surface area contributed by atoms with Gasteiger partial charge in [0.1, 0.15) is 11.2 Å². The second-order valence-corrected chi connectivity index (χ2v) is 4.12. The predicted molar refractivity (Wildman–Crippen MR) is 62.0 cm³/mol. The zero-order chi connectivity index (χ0) is 12.3. The summed E-state index contributed by atoms with van der Waals surface area (Å²) >= 11 is 0. The van der Waals surface area contributed by atoms with Crippen molar-refractivity contribution in [1.82, 2.24) is 0 Å². The average molecular weight is 237 g/mol. The molecule has 0 aromatic heterocycles. The van der Waals surface area contributed by atoms with E-state index in [0.29, 0.717) is 11.4 Å². The van der Waals surface area contributed by atoms with Crippen molar-refractivity contribution < 1.29 is 19.4 Å². The Morgan fingerprint density at radius 1 is 1.59 bits per heavy atom. The summed E-state index contributed by atoms with van der Waals surface area (Å²) in [5.41, 5.74) is -0.141. The van der Waals surface area contributed by atoms with Crippen molar-refractivity contribution in [3.05, 3.63) is 24.3 Å². The Morgan fingerprint density at radius 3 is 2.88 bits per heavy atom. The quantitative estimate of drug-likeness (QED) is 0.806. The minimum absolute atomic E-state index is 0.206. The number of aliphatic hydroxyl groups is 1. The molecule has 0 unspecified atom stereocenters. The molecule has 0 spiro atoms. The summed E-state index contributed by atoms with van der Waals surface area (Å²) in [6.45, 7) is 0.321. The lowest BCUT2D eigenvalue weighted by Gasteiger charge is -2.37. The molecule has 0 aliphatic carbocycles. The van der Waals surface area contributed by atoms with E-state index in [2.05, 4.69) is 5.32 Å². The zero-order valence-electron chi connectivity index (χ0n) is 9.60. The molecule has 2 N–H and O–H groups in total. The fraction of sp³-hybridized carbons (Fsp3) is 0.417. The monoisotopic (exact) mass is 237 g/mol. The van der Waals surface area contributed by atoms with E-state index in [4.69, 9.17) is 9.47 Å². The summed E-state index contributed by atoms with van der Waals surface area (Å²) in [4.78, 5) is 12.0. The van der Waals surface area contributed by atoms with Gasteiger partial charge in [-0.1, -0.05) is 6.07 Å². The molecule has 1 aliphatic rings. The molecule has 1 aliphatic heterocycles. The highest BCUT2D eigenvalue weighted by Crippen LogP contribution is 2.29. The van der Waals surface area contributed by atoms with E-state index >= 15 is 0 Å². The standard InChI is InChI=1S/C12H15NO4/c1-16-10-4-2-3-9(5-10)13-11(15)12(6-14)7-17-8-12/h2-5,14H,6-8H2,1H3,(H,13,15). The number of nitrogens with one attached hydrogen (secondary N) is 1. The van der Waals surface area contributed by atoms with Crippen molar-refractivity contribution in [2.24, 2.45) is 5.41 Å². The van der Waals surface area contributed by atoms with Gasteiger partial charge in [0.25, 0.3) is 0 Å². The van der Waals surface area contributed by atoms with Crippen LogP contribution in [-0.2, 0) is 9.53 Å². The maximum absolute atomic E-state index is 12.0. The number of benzene rings is 1. The fourth-order valence-corrected chi connectivity index (χ4v) is 1.61. The molecule has 5 nitrogen and oxygen atoms in total. The molecule has 2 rings (SSSR count). The number of methoxy groups -OCH3 is 1. The molecule has 5 heteroatoms. The molecule has 92 valence electrons. The van der Waals surface area contributed by atoms with Gasteiger partial charge in [-0.25, -0.2) is 0 Å². The molecular weight excluding hydrogens is 222 g/mol. The fourth-order valence-electron chi connectivity index (χ4n) is 1.61. The molecular formula is C12H15NO4. The van der Waals surface area contributed by atoms with Crippen LogP contribution in [0, 0.1) is 5.41 Å². The number of hydrogen-bond acceptors (Lipinski definition) is 4. The molecule has 1 saturated heterocycles. The number of carbonyl (C=O) groups is 1. The lowest BCUT2D eigenvalue weighted by Crippen LogP contribution is -2.54. The molecule has 0 bridgehead atoms. The molecule has 1 aromatic rings. The van der Waals surface area contributed by atoms with E-state index in [9.17, 15) is 9.90 Å². The van der Waals surface area contributed by atoms with Crippen LogP contribution in [0.5, 0.6) is 5.75 Å². The first-order chi connectivity index (χ1) is 8.20. The summed E-state index contributed by atoms with van der Waals surface area (Å²) in [6.07, 6.45) is 0. The van der Waals surface area contributed by atoms with Crippen LogP contribution in [0.15, 0.2) is 24.3 Å². The topological polar surface area (TPSA) is 67.8 Å². The molecule has 0 saturated carbocycles. The van der Waals surface area contributed by atoms with Crippen LogP contribution in [-0.4, -0.2) is 37.9 Å². The molecule has 1 fully saturated rings. The smallest absolute Gasteiger partial charge is 0.237 e. The van der Waals surface area contributed by atoms with E-state index < -0.39 is 5.41 Å². The largest absolute Gasteiger partial charge is 0.497 e. The van der Waals surface area contributed by atoms with E-state index in [1.807, 2.05) is 0 Å². The highest BCUT2D eigenvalue weighted by Gasteiger charge is 2.45. The number of anilines is 1. The molecule has 1 heterocycles. The number of amides is 1. The highest BCUT2D eigenvalue weighted by atomic mass is 16.5. The number of rotatable bonds is 4. The van der Waals surface area contributed by atoms with Gasteiger partial charge in [0, 0.05) is 11.8 Å². The van der Waals surface area contributed by atoms with Crippen LogP contribution in [0.4, 0.5) is 5.69 Å². The Morgan fingerprint density at radius 2 is 2.35 bits per heavy atom. The Bertz CT molecular complexity index is 409. The minimum atomic E-state index is -0.789. The first kappa shape index (κ1) is 11.9. The predicted octanol–water partition coefficient (Wildman–Crippen LogP) is 0.643. The van der Waals surface area contributed by atoms with Gasteiger partial charge in [0.05, 0.1) is 26.9 Å². The average Bonchev–Trinajstić information content (AvgIpc) is 2.28. The van der Waals surface area contributed by atoms with Gasteiger partial charge in [-0.05, 0) is 12.1 Å². The third-order valence-corrected chi connectivity index (χ3v) is 2.87. The number of hydrogen-bond donors (Lipinski definition) is 2. The number of ether oxygens (including phenoxy) is 2. The first-order valence-corrected chi connectivity index (χ1v) is 5.34. The number of aliphatic hydroxyl groups excluding tert-OH is 1. The van der Waals surface area contributed by atoms with Crippen LogP contribution in [0.1, 0.15) is 0 Å². The van der Waals surface area contributed by atoms with Gasteiger partial charge in [0.15, 0.2) is 0 Å². The molecule has 0 radical (unpaired) electrons. The number of carbonyl (C=O) groups excluding carboxylic acids is 1. The minimum Gasteiger partial charge on any atom is -0.497 e. The van der Waals surface area contributed by atoms with Crippen molar-refractivity contribution in [1.29, 1.82) is 0 Å². The van der Waals surface area contributed by atoms with Gasteiger partial charge in [0.2, 0.25) is 5.91 Å². The van der Waals surface area contributed by atoms with Gasteiger partial charge < -0.3 is 19.9 Å². The summed E-state index contributed by atoms with van der Waals surface area (Å²) < 4.78 is 10.1. The van der Waals surface area contributed by atoms with Crippen molar-refractivity contribution >= 4 is 11.6 Å². The van der Waals surface area contributed by atoms with Crippen LogP contribution < -0.4 is 10.1 Å². The van der Waals surface area contributed by atoms with Crippen LogP contribution in [0.2, 0.25) is 0 Å². The lowest BCUT2D eigenvalue weighted by molar-refractivity contribution is -0.164. The third-order valence-electron chi connectivity index (χ3n) is 2.87. The van der Waals surface area contributed by atoms with Crippen LogP contribution >= 0.6 is 0 Å². The van der Waals surface area contributed by atoms with E-state index in [-0.39, 0.29) is 25.7 Å². The second kappa shape index (κ2) is 4.73. The van der Waals surface area contributed by atoms with E-state index in [1.165, 1.54) is 0 Å². The van der Waals surface area contributed by atoms with Gasteiger partial charge in [-0.15, -0.1) is 0 Å². The Labute approximate surface area is 99.3 Å². The summed E-state index contributed by atoms with van der Waals surface area (Å²) in [5, 5.41) is 12.0. The zero-order valence-corrected chi connectivity index (χ0v) is 9.60. The summed E-state index contributed by atoms with van der Waals surface area (Å²) in [5.74, 6) is 0.449. The Balaban J connectivity index is 2.07. The van der Waals surface area contributed by atoms with E-state index in [1.54, 1.807) is 31.4 Å². The van der Waals surface area contributed by atoms with Crippen molar-refractivity contribution in [2.45, 2.75) is 0 Å². The second-order valence-electron chi connectivity index (χ2n) is 4.12. The Kier molecular flexibility index (Phi) is 3.31. The van der Waals surface area contributed by atoms with Crippen molar-refractivity contribution in [2.75, 3.05) is 32.2 Å². The van der Waals surface area contributed by atoms with Gasteiger partial charge in [-0.3, -0.25) is 4.79 Å². The van der Waals surface area contributed by atoms with Crippen LogP contribution in [0.3, 0.4) is 0 Å². The summed E-state index contributed by atoms with van der Waals surface area (Å²) in [6, 6.07) is 7.08. The van der Waals surface area contributed by atoms with Gasteiger partial charge in [-0.2, -0.15) is 0 Å². The molecule has 1 amide bonds. The molecule has 17 heavy (non-hydrogen) atoms. The van der Waals surface area contributed by atoms with Crippen LogP contribution in [0.25, 0.3) is 0 Å². The van der Waals surface area contributed by atoms with Crippen molar-refractivity contribution in [3.63, 3.8) is 0 Å². The maximum Gasteiger partial charge on any atom is 0.237 e. The first-order valence-electron chi connectivity index (χ1n) is 5.34. The highest BCUT2D eigenvalue weighted by molar-refractivity contribution is 5.96. The third kappa shape index (κ3) is 2.25. The van der Waals surface area contributed by atoms with Gasteiger partial charge >= 0.3 is 0 Å². The lowest BCUT2D eigenvalue weighted by atomic mass is 9.86.